The van der Waals surface area contributed by atoms with E-state index in [0.29, 0.717) is 23.1 Å². The van der Waals surface area contributed by atoms with E-state index < -0.39 is 0 Å². The third-order valence-corrected chi connectivity index (χ3v) is 2.96. The van der Waals surface area contributed by atoms with E-state index in [1.54, 1.807) is 31.2 Å². The first-order valence-corrected chi connectivity index (χ1v) is 6.02. The van der Waals surface area contributed by atoms with Crippen LogP contribution < -0.4 is 0 Å². The van der Waals surface area contributed by atoms with Gasteiger partial charge in [-0.2, -0.15) is 0 Å². The van der Waals surface area contributed by atoms with Crippen LogP contribution in [0.1, 0.15) is 46.9 Å². The van der Waals surface area contributed by atoms with Gasteiger partial charge < -0.3 is 0 Å². The first kappa shape index (κ1) is 12.3. The van der Waals surface area contributed by atoms with Crippen LogP contribution in [0.15, 0.2) is 35.9 Å². The van der Waals surface area contributed by atoms with Crippen molar-refractivity contribution in [3.63, 3.8) is 0 Å². The largest absolute Gasteiger partial charge is 0.289 e. The van der Waals surface area contributed by atoms with E-state index in [1.165, 1.54) is 6.08 Å². The zero-order valence-corrected chi connectivity index (χ0v) is 10.3. The number of carbonyl (C=O) groups is 2. The number of allylic oxidation sites excluding steroid dienone is 2. The highest BCUT2D eigenvalue weighted by Gasteiger charge is 2.24. The molecule has 0 amide bonds. The molecule has 1 aliphatic carbocycles. The van der Waals surface area contributed by atoms with E-state index in [9.17, 15) is 9.59 Å². The van der Waals surface area contributed by atoms with E-state index in [1.807, 2.05) is 0 Å². The van der Waals surface area contributed by atoms with Crippen LogP contribution in [0.25, 0.3) is 0 Å². The molecule has 2 nitrogen and oxygen atoms in total. The van der Waals surface area contributed by atoms with Crippen LogP contribution in [0.2, 0.25) is 0 Å². The molecule has 0 bridgehead atoms. The molecule has 0 atom stereocenters. The molecule has 0 saturated heterocycles. The van der Waals surface area contributed by atoms with Gasteiger partial charge in [0.05, 0.1) is 0 Å². The minimum atomic E-state index is -0.0678. The fourth-order valence-electron chi connectivity index (χ4n) is 2.05. The molecule has 1 aliphatic rings. The SMILES string of the molecule is CC#CCCCC1=CC(=O)c2ccccc2C1=O. The third kappa shape index (κ3) is 2.41. The molecule has 0 saturated carbocycles. The lowest BCUT2D eigenvalue weighted by atomic mass is 9.87. The van der Waals surface area contributed by atoms with Crippen molar-refractivity contribution in [3.8, 4) is 11.8 Å². The molecular weight excluding hydrogens is 224 g/mol. The summed E-state index contributed by atoms with van der Waals surface area (Å²) < 4.78 is 0. The lowest BCUT2D eigenvalue weighted by Gasteiger charge is -2.14. The van der Waals surface area contributed by atoms with E-state index in [2.05, 4.69) is 11.8 Å². The maximum absolute atomic E-state index is 12.2. The lowest BCUT2D eigenvalue weighted by Crippen LogP contribution is -2.16. The Morgan fingerprint density at radius 1 is 1.11 bits per heavy atom. The average Bonchev–Trinajstić information content (AvgIpc) is 2.40. The topological polar surface area (TPSA) is 34.1 Å². The van der Waals surface area contributed by atoms with Gasteiger partial charge in [0, 0.05) is 23.1 Å². The molecule has 0 radical (unpaired) electrons. The minimum Gasteiger partial charge on any atom is -0.289 e. The molecule has 2 rings (SSSR count). The number of rotatable bonds is 3. The zero-order chi connectivity index (χ0) is 13.0. The summed E-state index contributed by atoms with van der Waals surface area (Å²) in [5.74, 6) is 5.69. The molecule has 0 N–H and O–H groups in total. The highest BCUT2D eigenvalue weighted by molar-refractivity contribution is 6.24. The van der Waals surface area contributed by atoms with Crippen molar-refractivity contribution in [1.29, 1.82) is 0 Å². The van der Waals surface area contributed by atoms with Crippen LogP contribution in [-0.4, -0.2) is 11.6 Å². The summed E-state index contributed by atoms with van der Waals surface area (Å²) in [6, 6.07) is 6.98. The highest BCUT2D eigenvalue weighted by atomic mass is 16.1. The number of hydrogen-bond acceptors (Lipinski definition) is 2. The van der Waals surface area contributed by atoms with Crippen molar-refractivity contribution in [2.75, 3.05) is 0 Å². The van der Waals surface area contributed by atoms with Gasteiger partial charge in [0.1, 0.15) is 0 Å². The first-order valence-electron chi connectivity index (χ1n) is 6.02. The van der Waals surface area contributed by atoms with Crippen molar-refractivity contribution < 1.29 is 9.59 Å². The molecule has 1 aromatic carbocycles. The molecule has 0 unspecified atom stereocenters. The van der Waals surface area contributed by atoms with E-state index in [0.717, 1.165) is 12.8 Å². The Bertz CT molecular complexity index is 583. The van der Waals surface area contributed by atoms with Gasteiger partial charge in [0.15, 0.2) is 11.6 Å². The summed E-state index contributed by atoms with van der Waals surface area (Å²) >= 11 is 0. The monoisotopic (exact) mass is 238 g/mol. The Balaban J connectivity index is 2.17. The summed E-state index contributed by atoms with van der Waals surface area (Å²) in [6.45, 7) is 1.80. The van der Waals surface area contributed by atoms with Gasteiger partial charge in [-0.25, -0.2) is 0 Å². The Kier molecular flexibility index (Phi) is 3.74. The van der Waals surface area contributed by atoms with Gasteiger partial charge in [-0.05, 0) is 25.8 Å². The van der Waals surface area contributed by atoms with E-state index in [4.69, 9.17) is 0 Å². The van der Waals surface area contributed by atoms with Gasteiger partial charge in [-0.3, -0.25) is 9.59 Å². The summed E-state index contributed by atoms with van der Waals surface area (Å²) in [7, 11) is 0. The second kappa shape index (κ2) is 5.46. The Hall–Kier alpha value is -2.14. The number of hydrogen-bond donors (Lipinski definition) is 0. The number of fused-ring (bicyclic) bond motifs is 1. The van der Waals surface area contributed by atoms with Crippen LogP contribution in [0.4, 0.5) is 0 Å². The van der Waals surface area contributed by atoms with E-state index >= 15 is 0 Å². The zero-order valence-electron chi connectivity index (χ0n) is 10.3. The van der Waals surface area contributed by atoms with Gasteiger partial charge in [0.2, 0.25) is 0 Å². The van der Waals surface area contributed by atoms with Crippen molar-refractivity contribution >= 4 is 11.6 Å². The molecule has 1 aromatic rings. The van der Waals surface area contributed by atoms with Gasteiger partial charge in [-0.15, -0.1) is 11.8 Å². The fourth-order valence-corrected chi connectivity index (χ4v) is 2.05. The maximum Gasteiger partial charge on any atom is 0.189 e. The quantitative estimate of drug-likeness (QED) is 0.598. The smallest absolute Gasteiger partial charge is 0.189 e. The van der Waals surface area contributed by atoms with Gasteiger partial charge in [0.25, 0.3) is 0 Å². The summed E-state index contributed by atoms with van der Waals surface area (Å²) in [6.07, 6.45) is 3.67. The number of Topliss-reactive ketones (excluding diaryl/α,β-unsaturated/α-hetero) is 1. The predicted molar refractivity (Wildman–Crippen MR) is 70.5 cm³/mol. The molecule has 0 aromatic heterocycles. The molecule has 2 heteroatoms. The normalized spacial score (nSPS) is 13.5. The van der Waals surface area contributed by atoms with Crippen molar-refractivity contribution in [2.24, 2.45) is 0 Å². The summed E-state index contributed by atoms with van der Waals surface area (Å²) in [5.41, 5.74) is 1.65. The number of carbonyl (C=O) groups excluding carboxylic acids is 2. The van der Waals surface area contributed by atoms with Crippen molar-refractivity contribution in [3.05, 3.63) is 47.0 Å². The fraction of sp³-hybridized carbons (Fsp3) is 0.250. The molecule has 90 valence electrons. The predicted octanol–water partition coefficient (Wildman–Crippen LogP) is 3.19. The Morgan fingerprint density at radius 3 is 2.56 bits per heavy atom. The van der Waals surface area contributed by atoms with Crippen LogP contribution >= 0.6 is 0 Å². The van der Waals surface area contributed by atoms with E-state index in [-0.39, 0.29) is 11.6 Å². The van der Waals surface area contributed by atoms with Crippen molar-refractivity contribution in [2.45, 2.75) is 26.2 Å². The third-order valence-electron chi connectivity index (χ3n) is 2.96. The molecule has 18 heavy (non-hydrogen) atoms. The van der Waals surface area contributed by atoms with Gasteiger partial charge >= 0.3 is 0 Å². The second-order valence-electron chi connectivity index (χ2n) is 4.19. The van der Waals surface area contributed by atoms with Crippen molar-refractivity contribution in [1.82, 2.24) is 0 Å². The highest BCUT2D eigenvalue weighted by Crippen LogP contribution is 2.23. The lowest BCUT2D eigenvalue weighted by molar-refractivity contribution is 0.0981. The van der Waals surface area contributed by atoms with Crippen LogP contribution in [0.3, 0.4) is 0 Å². The Morgan fingerprint density at radius 2 is 1.83 bits per heavy atom. The van der Waals surface area contributed by atoms with Crippen LogP contribution in [-0.2, 0) is 0 Å². The molecule has 0 aliphatic heterocycles. The second-order valence-corrected chi connectivity index (χ2v) is 4.19. The average molecular weight is 238 g/mol. The molecular formula is C16H14O2. The maximum atomic E-state index is 12.2. The van der Waals surface area contributed by atoms with Crippen LogP contribution in [0, 0.1) is 11.8 Å². The summed E-state index contributed by atoms with van der Waals surface area (Å²) in [4.78, 5) is 24.0. The number of unbranched alkanes of at least 4 members (excludes halogenated alkanes) is 1. The standard InChI is InChI=1S/C16H14O2/c1-2-3-4-5-8-12-11-15(17)13-9-6-7-10-14(13)16(12)18/h6-7,9-11H,4-5,8H2,1H3. The summed E-state index contributed by atoms with van der Waals surface area (Å²) in [5, 5.41) is 0. The van der Waals surface area contributed by atoms with Gasteiger partial charge in [-0.1, -0.05) is 24.3 Å². The molecule has 0 spiro atoms. The number of benzene rings is 1. The van der Waals surface area contributed by atoms with Crippen LogP contribution in [0.5, 0.6) is 0 Å². The Labute approximate surface area is 107 Å². The number of ketones is 2. The first-order chi connectivity index (χ1) is 8.74. The minimum absolute atomic E-state index is 0.0188. The molecule has 0 fully saturated rings. The molecule has 0 heterocycles.